The number of halogens is 4. The molecule has 0 aliphatic carbocycles. The van der Waals surface area contributed by atoms with Gasteiger partial charge in [0.25, 0.3) is 0 Å². The lowest BCUT2D eigenvalue weighted by atomic mass is 10.2. The molecule has 0 aromatic heterocycles. The van der Waals surface area contributed by atoms with Crippen LogP contribution in [0.5, 0.6) is 5.75 Å². The Morgan fingerprint density at radius 2 is 1.94 bits per heavy atom. The monoisotopic (exact) mass is 332 g/mol. The summed E-state index contributed by atoms with van der Waals surface area (Å²) in [6.07, 6.45) is 0. The van der Waals surface area contributed by atoms with Crippen LogP contribution in [-0.4, -0.2) is 0 Å². The second-order valence-corrected chi connectivity index (χ2v) is 4.84. The van der Waals surface area contributed by atoms with Crippen molar-refractivity contribution in [2.45, 2.75) is 6.61 Å². The fourth-order valence-corrected chi connectivity index (χ4v) is 1.94. The first-order chi connectivity index (χ1) is 8.58. The second kappa shape index (κ2) is 5.67. The van der Waals surface area contributed by atoms with E-state index in [-0.39, 0.29) is 17.4 Å². The summed E-state index contributed by atoms with van der Waals surface area (Å²) in [5.41, 5.74) is 0.350. The Labute approximate surface area is 116 Å². The SMILES string of the molecule is Fc1ccc(OCc2cccc(Cl)c2F)cc1Br. The molecule has 0 bridgehead atoms. The Morgan fingerprint density at radius 3 is 2.67 bits per heavy atom. The molecule has 0 fully saturated rings. The highest BCUT2D eigenvalue weighted by Gasteiger charge is 2.07. The Hall–Kier alpha value is -1.13. The van der Waals surface area contributed by atoms with E-state index in [4.69, 9.17) is 16.3 Å². The summed E-state index contributed by atoms with van der Waals surface area (Å²) in [7, 11) is 0. The predicted octanol–water partition coefficient (Wildman–Crippen LogP) is 4.96. The Kier molecular flexibility index (Phi) is 4.19. The van der Waals surface area contributed by atoms with Gasteiger partial charge in [0.05, 0.1) is 9.50 Å². The lowest BCUT2D eigenvalue weighted by Crippen LogP contribution is -1.99. The van der Waals surface area contributed by atoms with Crippen LogP contribution in [-0.2, 0) is 6.61 Å². The average molecular weight is 334 g/mol. The zero-order valence-corrected chi connectivity index (χ0v) is 11.4. The summed E-state index contributed by atoms with van der Waals surface area (Å²) < 4.78 is 32.2. The normalized spacial score (nSPS) is 10.4. The second-order valence-electron chi connectivity index (χ2n) is 3.58. The number of hydrogen-bond acceptors (Lipinski definition) is 1. The molecule has 0 saturated carbocycles. The van der Waals surface area contributed by atoms with E-state index in [1.54, 1.807) is 12.1 Å². The van der Waals surface area contributed by atoms with Crippen LogP contribution in [0.4, 0.5) is 8.78 Å². The van der Waals surface area contributed by atoms with Crippen LogP contribution < -0.4 is 4.74 Å². The van der Waals surface area contributed by atoms with Crippen molar-refractivity contribution in [3.8, 4) is 5.75 Å². The molecule has 0 aliphatic heterocycles. The Balaban J connectivity index is 2.11. The van der Waals surface area contributed by atoms with E-state index < -0.39 is 5.82 Å². The topological polar surface area (TPSA) is 9.23 Å². The third kappa shape index (κ3) is 3.00. The van der Waals surface area contributed by atoms with E-state index in [1.165, 1.54) is 24.3 Å². The summed E-state index contributed by atoms with van der Waals surface area (Å²) >= 11 is 8.70. The molecule has 0 atom stereocenters. The van der Waals surface area contributed by atoms with Crippen molar-refractivity contribution < 1.29 is 13.5 Å². The molecule has 0 heterocycles. The third-order valence-corrected chi connectivity index (χ3v) is 3.22. The van der Waals surface area contributed by atoms with Gasteiger partial charge in [-0.2, -0.15) is 0 Å². The summed E-state index contributed by atoms with van der Waals surface area (Å²) in [4.78, 5) is 0. The lowest BCUT2D eigenvalue weighted by molar-refractivity contribution is 0.299. The summed E-state index contributed by atoms with van der Waals surface area (Å²) in [5.74, 6) is -0.431. The molecule has 0 saturated heterocycles. The van der Waals surface area contributed by atoms with Gasteiger partial charge < -0.3 is 4.74 Å². The average Bonchev–Trinajstić information content (AvgIpc) is 2.35. The molecule has 0 N–H and O–H groups in total. The van der Waals surface area contributed by atoms with Crippen LogP contribution in [0, 0.1) is 11.6 Å². The van der Waals surface area contributed by atoms with Crippen molar-refractivity contribution in [3.05, 3.63) is 63.1 Å². The third-order valence-electron chi connectivity index (χ3n) is 2.32. The molecule has 2 rings (SSSR count). The molecule has 0 aliphatic rings. The summed E-state index contributed by atoms with van der Waals surface area (Å²) in [6, 6.07) is 8.92. The van der Waals surface area contributed by atoms with Crippen LogP contribution in [0.1, 0.15) is 5.56 Å². The maximum Gasteiger partial charge on any atom is 0.148 e. The van der Waals surface area contributed by atoms with Crippen molar-refractivity contribution in [1.29, 1.82) is 0 Å². The molecule has 2 aromatic carbocycles. The first-order valence-electron chi connectivity index (χ1n) is 5.08. The maximum absolute atomic E-state index is 13.6. The molecule has 0 amide bonds. The minimum Gasteiger partial charge on any atom is -0.489 e. The molecular weight excluding hydrogens is 325 g/mol. The largest absolute Gasteiger partial charge is 0.489 e. The molecule has 0 radical (unpaired) electrons. The standard InChI is InChI=1S/C13H8BrClF2O/c14-10-6-9(4-5-12(10)16)18-7-8-2-1-3-11(15)13(8)17/h1-6H,7H2. The van der Waals surface area contributed by atoms with Gasteiger partial charge in [0.15, 0.2) is 0 Å². The van der Waals surface area contributed by atoms with Crippen LogP contribution >= 0.6 is 27.5 Å². The zero-order chi connectivity index (χ0) is 13.1. The zero-order valence-electron chi connectivity index (χ0n) is 9.09. The van der Waals surface area contributed by atoms with Gasteiger partial charge in [0.1, 0.15) is 24.0 Å². The minimum absolute atomic E-state index is 0.0322. The first-order valence-corrected chi connectivity index (χ1v) is 6.26. The number of rotatable bonds is 3. The smallest absolute Gasteiger partial charge is 0.148 e. The Morgan fingerprint density at radius 1 is 1.17 bits per heavy atom. The van der Waals surface area contributed by atoms with E-state index in [1.807, 2.05) is 0 Å². The highest BCUT2D eigenvalue weighted by atomic mass is 79.9. The van der Waals surface area contributed by atoms with Crippen molar-refractivity contribution in [1.82, 2.24) is 0 Å². The van der Waals surface area contributed by atoms with Crippen LogP contribution in [0.25, 0.3) is 0 Å². The van der Waals surface area contributed by atoms with E-state index in [0.717, 1.165) is 0 Å². The van der Waals surface area contributed by atoms with Crippen molar-refractivity contribution in [2.75, 3.05) is 0 Å². The van der Waals surface area contributed by atoms with Crippen molar-refractivity contribution in [3.63, 3.8) is 0 Å². The highest BCUT2D eigenvalue weighted by molar-refractivity contribution is 9.10. The molecule has 0 unspecified atom stereocenters. The van der Waals surface area contributed by atoms with Gasteiger partial charge in [-0.25, -0.2) is 8.78 Å². The maximum atomic E-state index is 13.6. The summed E-state index contributed by atoms with van der Waals surface area (Å²) in [5, 5.41) is 0.0522. The highest BCUT2D eigenvalue weighted by Crippen LogP contribution is 2.24. The first kappa shape index (κ1) is 13.3. The van der Waals surface area contributed by atoms with E-state index in [9.17, 15) is 8.78 Å². The van der Waals surface area contributed by atoms with Crippen LogP contribution in [0.15, 0.2) is 40.9 Å². The fourth-order valence-electron chi connectivity index (χ4n) is 1.39. The lowest BCUT2D eigenvalue weighted by Gasteiger charge is -2.08. The molecule has 18 heavy (non-hydrogen) atoms. The van der Waals surface area contributed by atoms with Gasteiger partial charge in [0.2, 0.25) is 0 Å². The Bertz CT molecular complexity index is 575. The number of benzene rings is 2. The van der Waals surface area contributed by atoms with Crippen molar-refractivity contribution in [2.24, 2.45) is 0 Å². The quantitative estimate of drug-likeness (QED) is 0.771. The van der Waals surface area contributed by atoms with Gasteiger partial charge in [-0.15, -0.1) is 0 Å². The molecule has 5 heteroatoms. The molecule has 0 spiro atoms. The fraction of sp³-hybridized carbons (Fsp3) is 0.0769. The van der Waals surface area contributed by atoms with Gasteiger partial charge >= 0.3 is 0 Å². The van der Waals surface area contributed by atoms with Crippen LogP contribution in [0.3, 0.4) is 0 Å². The molecule has 94 valence electrons. The van der Waals surface area contributed by atoms with E-state index in [0.29, 0.717) is 15.8 Å². The van der Waals surface area contributed by atoms with E-state index in [2.05, 4.69) is 15.9 Å². The van der Waals surface area contributed by atoms with Crippen LogP contribution in [0.2, 0.25) is 5.02 Å². The number of hydrogen-bond donors (Lipinski definition) is 0. The minimum atomic E-state index is -0.500. The van der Waals surface area contributed by atoms with E-state index >= 15 is 0 Å². The van der Waals surface area contributed by atoms with Crippen molar-refractivity contribution >= 4 is 27.5 Å². The predicted molar refractivity (Wildman–Crippen MR) is 69.8 cm³/mol. The summed E-state index contributed by atoms with van der Waals surface area (Å²) in [6.45, 7) is 0.0322. The van der Waals surface area contributed by atoms with Gasteiger partial charge in [-0.1, -0.05) is 23.7 Å². The van der Waals surface area contributed by atoms with Gasteiger partial charge in [-0.05, 0) is 40.2 Å². The molecule has 1 nitrogen and oxygen atoms in total. The van der Waals surface area contributed by atoms with Gasteiger partial charge in [0, 0.05) is 5.56 Å². The molecular formula is C13H8BrClF2O. The molecule has 2 aromatic rings. The number of ether oxygens (including phenoxy) is 1. The van der Waals surface area contributed by atoms with Gasteiger partial charge in [-0.3, -0.25) is 0 Å².